The number of nitrogens with zero attached hydrogens (tertiary/aromatic N) is 2. The second-order valence-electron chi connectivity index (χ2n) is 5.43. The SMILES string of the molecule is Cc1ccc(C(=O)N2CCCN(C)CC2C)cc1Br. The first kappa shape index (κ1) is 14.5. The van der Waals surface area contributed by atoms with Crippen LogP contribution in [0.15, 0.2) is 22.7 Å². The average Bonchev–Trinajstić information content (AvgIpc) is 2.52. The Labute approximate surface area is 123 Å². The Balaban J connectivity index is 2.20. The maximum Gasteiger partial charge on any atom is 0.254 e. The molecule has 1 aliphatic heterocycles. The number of amides is 1. The van der Waals surface area contributed by atoms with Crippen molar-refractivity contribution >= 4 is 21.8 Å². The molecule has 1 fully saturated rings. The summed E-state index contributed by atoms with van der Waals surface area (Å²) in [4.78, 5) is 16.9. The lowest BCUT2D eigenvalue weighted by atomic mass is 10.1. The maximum atomic E-state index is 12.6. The van der Waals surface area contributed by atoms with Gasteiger partial charge in [0.1, 0.15) is 0 Å². The fourth-order valence-electron chi connectivity index (χ4n) is 2.57. The summed E-state index contributed by atoms with van der Waals surface area (Å²) in [6.45, 7) is 7.01. The molecule has 0 aromatic heterocycles. The summed E-state index contributed by atoms with van der Waals surface area (Å²) >= 11 is 3.50. The minimum Gasteiger partial charge on any atom is -0.335 e. The molecule has 0 N–H and O–H groups in total. The summed E-state index contributed by atoms with van der Waals surface area (Å²) in [6, 6.07) is 6.11. The van der Waals surface area contributed by atoms with E-state index < -0.39 is 0 Å². The largest absolute Gasteiger partial charge is 0.335 e. The van der Waals surface area contributed by atoms with E-state index in [2.05, 4.69) is 34.8 Å². The first-order valence-corrected chi connectivity index (χ1v) is 7.54. The van der Waals surface area contributed by atoms with E-state index in [9.17, 15) is 4.79 Å². The van der Waals surface area contributed by atoms with E-state index in [0.29, 0.717) is 0 Å². The van der Waals surface area contributed by atoms with E-state index in [1.165, 1.54) is 0 Å². The zero-order valence-corrected chi connectivity index (χ0v) is 13.4. The summed E-state index contributed by atoms with van der Waals surface area (Å²) in [5.41, 5.74) is 1.93. The zero-order valence-electron chi connectivity index (χ0n) is 11.8. The lowest BCUT2D eigenvalue weighted by molar-refractivity contribution is 0.0696. The first-order valence-electron chi connectivity index (χ1n) is 6.74. The third-order valence-electron chi connectivity index (χ3n) is 3.73. The fraction of sp³-hybridized carbons (Fsp3) is 0.533. The highest BCUT2D eigenvalue weighted by Crippen LogP contribution is 2.20. The van der Waals surface area contributed by atoms with Crippen molar-refractivity contribution in [1.82, 2.24) is 9.80 Å². The molecule has 0 spiro atoms. The van der Waals surface area contributed by atoms with Gasteiger partial charge in [0.15, 0.2) is 0 Å². The van der Waals surface area contributed by atoms with E-state index >= 15 is 0 Å². The van der Waals surface area contributed by atoms with Crippen LogP contribution < -0.4 is 0 Å². The van der Waals surface area contributed by atoms with Crippen molar-refractivity contribution in [1.29, 1.82) is 0 Å². The number of carbonyl (C=O) groups is 1. The van der Waals surface area contributed by atoms with Gasteiger partial charge in [-0.05, 0) is 51.6 Å². The molecule has 4 heteroatoms. The Kier molecular flexibility index (Phi) is 4.63. The topological polar surface area (TPSA) is 23.6 Å². The van der Waals surface area contributed by atoms with Crippen molar-refractivity contribution in [2.45, 2.75) is 26.3 Å². The molecule has 0 aliphatic carbocycles. The highest BCUT2D eigenvalue weighted by molar-refractivity contribution is 9.10. The Hall–Kier alpha value is -0.870. The Morgan fingerprint density at radius 1 is 1.37 bits per heavy atom. The molecule has 1 amide bonds. The van der Waals surface area contributed by atoms with Gasteiger partial charge in [-0.2, -0.15) is 0 Å². The van der Waals surface area contributed by atoms with Gasteiger partial charge in [0.05, 0.1) is 0 Å². The molecule has 104 valence electrons. The van der Waals surface area contributed by atoms with Crippen LogP contribution in [0.5, 0.6) is 0 Å². The molecule has 0 bridgehead atoms. The number of rotatable bonds is 1. The van der Waals surface area contributed by atoms with Gasteiger partial charge in [0.2, 0.25) is 0 Å². The molecule has 0 saturated carbocycles. The van der Waals surface area contributed by atoms with Gasteiger partial charge >= 0.3 is 0 Å². The predicted molar refractivity (Wildman–Crippen MR) is 81.5 cm³/mol. The monoisotopic (exact) mass is 324 g/mol. The molecule has 1 aromatic carbocycles. The molecule has 3 nitrogen and oxygen atoms in total. The number of hydrogen-bond donors (Lipinski definition) is 0. The number of hydrogen-bond acceptors (Lipinski definition) is 2. The summed E-state index contributed by atoms with van der Waals surface area (Å²) in [6.07, 6.45) is 1.04. The summed E-state index contributed by atoms with van der Waals surface area (Å²) in [7, 11) is 2.12. The molecule has 1 aromatic rings. The average molecular weight is 325 g/mol. The highest BCUT2D eigenvalue weighted by Gasteiger charge is 2.25. The number of likely N-dealkylation sites (N-methyl/N-ethyl adjacent to an activating group) is 1. The summed E-state index contributed by atoms with van der Waals surface area (Å²) in [5, 5.41) is 0. The van der Waals surface area contributed by atoms with E-state index in [0.717, 1.165) is 41.7 Å². The molecule has 1 saturated heterocycles. The van der Waals surface area contributed by atoms with Crippen LogP contribution in [0.2, 0.25) is 0 Å². The minimum absolute atomic E-state index is 0.142. The molecule has 1 unspecified atom stereocenters. The lowest BCUT2D eigenvalue weighted by Crippen LogP contribution is -2.42. The van der Waals surface area contributed by atoms with Crippen molar-refractivity contribution in [3.63, 3.8) is 0 Å². The minimum atomic E-state index is 0.142. The van der Waals surface area contributed by atoms with Crippen molar-refractivity contribution in [2.24, 2.45) is 0 Å². The molecular formula is C15H21BrN2O. The molecule has 1 atom stereocenters. The molecule has 19 heavy (non-hydrogen) atoms. The molecule has 1 heterocycles. The standard InChI is InChI=1S/C15H21BrN2O/c1-11-5-6-13(9-14(11)16)15(19)18-8-4-7-17(3)10-12(18)2/h5-6,9,12H,4,7-8,10H2,1-3H3. The van der Waals surface area contributed by atoms with Gasteiger partial charge in [-0.1, -0.05) is 22.0 Å². The Bertz CT molecular complexity index is 475. The van der Waals surface area contributed by atoms with Crippen molar-refractivity contribution in [3.8, 4) is 0 Å². The second-order valence-corrected chi connectivity index (χ2v) is 6.28. The lowest BCUT2D eigenvalue weighted by Gasteiger charge is -2.28. The number of halogens is 1. The van der Waals surface area contributed by atoms with Crippen molar-refractivity contribution < 1.29 is 4.79 Å². The second kappa shape index (κ2) is 6.06. The van der Waals surface area contributed by atoms with Gasteiger partial charge in [-0.15, -0.1) is 0 Å². The number of carbonyl (C=O) groups excluding carboxylic acids is 1. The van der Waals surface area contributed by atoms with Crippen LogP contribution >= 0.6 is 15.9 Å². The van der Waals surface area contributed by atoms with Gasteiger partial charge in [-0.3, -0.25) is 4.79 Å². The first-order chi connectivity index (χ1) is 8.99. The van der Waals surface area contributed by atoms with E-state index in [1.807, 2.05) is 30.0 Å². The molecule has 1 aliphatic rings. The smallest absolute Gasteiger partial charge is 0.254 e. The van der Waals surface area contributed by atoms with Crippen LogP contribution in [0.4, 0.5) is 0 Å². The van der Waals surface area contributed by atoms with Gasteiger partial charge in [0.25, 0.3) is 5.91 Å². The summed E-state index contributed by atoms with van der Waals surface area (Å²) in [5.74, 6) is 0.142. The summed E-state index contributed by atoms with van der Waals surface area (Å²) < 4.78 is 0.998. The van der Waals surface area contributed by atoms with E-state index in [-0.39, 0.29) is 11.9 Å². The van der Waals surface area contributed by atoms with E-state index in [1.54, 1.807) is 0 Å². The van der Waals surface area contributed by atoms with Gasteiger partial charge < -0.3 is 9.80 Å². The third kappa shape index (κ3) is 3.37. The van der Waals surface area contributed by atoms with Crippen molar-refractivity contribution in [2.75, 3.05) is 26.7 Å². The Morgan fingerprint density at radius 3 is 2.79 bits per heavy atom. The number of aryl methyl sites for hydroxylation is 1. The Morgan fingerprint density at radius 2 is 2.11 bits per heavy atom. The fourth-order valence-corrected chi connectivity index (χ4v) is 2.94. The van der Waals surface area contributed by atoms with Crippen molar-refractivity contribution in [3.05, 3.63) is 33.8 Å². The maximum absolute atomic E-state index is 12.6. The number of benzene rings is 1. The van der Waals surface area contributed by atoms with Gasteiger partial charge in [-0.25, -0.2) is 0 Å². The quantitative estimate of drug-likeness (QED) is 0.793. The molecular weight excluding hydrogens is 304 g/mol. The highest BCUT2D eigenvalue weighted by atomic mass is 79.9. The van der Waals surface area contributed by atoms with Crippen LogP contribution in [-0.2, 0) is 0 Å². The zero-order chi connectivity index (χ0) is 14.0. The normalized spacial score (nSPS) is 21.3. The van der Waals surface area contributed by atoms with Crippen LogP contribution in [0, 0.1) is 6.92 Å². The molecule has 2 rings (SSSR count). The molecule has 0 radical (unpaired) electrons. The van der Waals surface area contributed by atoms with Gasteiger partial charge in [0, 0.05) is 29.2 Å². The van der Waals surface area contributed by atoms with Crippen LogP contribution in [0.1, 0.15) is 29.3 Å². The van der Waals surface area contributed by atoms with Crippen LogP contribution in [-0.4, -0.2) is 48.4 Å². The van der Waals surface area contributed by atoms with Crippen LogP contribution in [0.3, 0.4) is 0 Å². The third-order valence-corrected chi connectivity index (χ3v) is 4.58. The van der Waals surface area contributed by atoms with Crippen LogP contribution in [0.25, 0.3) is 0 Å². The predicted octanol–water partition coefficient (Wildman–Crippen LogP) is 2.92. The van der Waals surface area contributed by atoms with E-state index in [4.69, 9.17) is 0 Å².